The van der Waals surface area contributed by atoms with Gasteiger partial charge in [-0.2, -0.15) is 13.2 Å². The first-order valence-electron chi connectivity index (χ1n) is 6.73. The average Bonchev–Trinajstić information content (AvgIpc) is 2.70. The zero-order chi connectivity index (χ0) is 15.4. The molecule has 1 fully saturated rings. The van der Waals surface area contributed by atoms with Crippen molar-refractivity contribution in [1.29, 1.82) is 0 Å². The molecule has 0 aromatic carbocycles. The van der Waals surface area contributed by atoms with E-state index >= 15 is 0 Å². The Labute approximate surface area is 117 Å². The van der Waals surface area contributed by atoms with Crippen molar-refractivity contribution >= 4 is 5.97 Å². The fourth-order valence-corrected chi connectivity index (χ4v) is 2.61. The Bertz CT molecular complexity index is 333. The van der Waals surface area contributed by atoms with Crippen molar-refractivity contribution in [2.45, 2.75) is 63.4 Å². The van der Waals surface area contributed by atoms with Crippen LogP contribution in [0.3, 0.4) is 0 Å². The molecular weight excluding hydrogens is 275 g/mol. The molecule has 0 bridgehead atoms. The SMILES string of the molecule is COC(=O)C1(NC(C)C)CCC(OCCC(F)(F)F)C1. The molecule has 0 radical (unpaired) electrons. The Hall–Kier alpha value is -0.820. The van der Waals surface area contributed by atoms with Gasteiger partial charge in [0.1, 0.15) is 5.54 Å². The number of rotatable bonds is 6. The van der Waals surface area contributed by atoms with Crippen molar-refractivity contribution < 1.29 is 27.4 Å². The maximum absolute atomic E-state index is 12.1. The number of carbonyl (C=O) groups is 1. The third kappa shape index (κ3) is 4.94. The van der Waals surface area contributed by atoms with Crippen LogP contribution in [-0.2, 0) is 14.3 Å². The second-order valence-electron chi connectivity index (χ2n) is 5.47. The molecule has 0 aliphatic heterocycles. The fraction of sp³-hybridized carbons (Fsp3) is 0.923. The summed E-state index contributed by atoms with van der Waals surface area (Å²) in [4.78, 5) is 11.9. The van der Waals surface area contributed by atoms with E-state index in [1.807, 2.05) is 13.8 Å². The number of ether oxygens (including phenoxy) is 2. The predicted molar refractivity (Wildman–Crippen MR) is 67.3 cm³/mol. The van der Waals surface area contributed by atoms with Gasteiger partial charge in [-0.3, -0.25) is 10.1 Å². The number of methoxy groups -OCH3 is 1. The van der Waals surface area contributed by atoms with Gasteiger partial charge in [0.25, 0.3) is 0 Å². The number of alkyl halides is 3. The van der Waals surface area contributed by atoms with Crippen molar-refractivity contribution in [3.63, 3.8) is 0 Å². The van der Waals surface area contributed by atoms with Gasteiger partial charge < -0.3 is 9.47 Å². The van der Waals surface area contributed by atoms with E-state index in [1.165, 1.54) is 7.11 Å². The highest BCUT2D eigenvalue weighted by Crippen LogP contribution is 2.34. The Morgan fingerprint density at radius 3 is 2.60 bits per heavy atom. The van der Waals surface area contributed by atoms with E-state index in [9.17, 15) is 18.0 Å². The van der Waals surface area contributed by atoms with E-state index < -0.39 is 18.1 Å². The van der Waals surface area contributed by atoms with Crippen molar-refractivity contribution in [2.75, 3.05) is 13.7 Å². The summed E-state index contributed by atoms with van der Waals surface area (Å²) in [5.41, 5.74) is -0.841. The normalized spacial score (nSPS) is 27.1. The fourth-order valence-electron chi connectivity index (χ4n) is 2.61. The summed E-state index contributed by atoms with van der Waals surface area (Å²) in [6.45, 7) is 3.44. The van der Waals surface area contributed by atoms with Crippen molar-refractivity contribution in [3.05, 3.63) is 0 Å². The van der Waals surface area contributed by atoms with Gasteiger partial charge in [0.05, 0.1) is 26.2 Å². The van der Waals surface area contributed by atoms with Crippen LogP contribution in [0.25, 0.3) is 0 Å². The first-order valence-corrected chi connectivity index (χ1v) is 6.73. The predicted octanol–water partition coefficient (Wildman–Crippen LogP) is 2.42. The maximum Gasteiger partial charge on any atom is 0.391 e. The quantitative estimate of drug-likeness (QED) is 0.765. The Morgan fingerprint density at radius 1 is 1.45 bits per heavy atom. The summed E-state index contributed by atoms with van der Waals surface area (Å²) < 4.78 is 46.3. The number of hydrogen-bond donors (Lipinski definition) is 1. The Morgan fingerprint density at radius 2 is 2.10 bits per heavy atom. The molecule has 4 nitrogen and oxygen atoms in total. The third-order valence-corrected chi connectivity index (χ3v) is 3.35. The summed E-state index contributed by atoms with van der Waals surface area (Å²) >= 11 is 0. The minimum Gasteiger partial charge on any atom is -0.468 e. The molecule has 1 aliphatic rings. The number of halogens is 3. The summed E-state index contributed by atoms with van der Waals surface area (Å²) in [6, 6.07) is 0.0722. The highest BCUT2D eigenvalue weighted by molar-refractivity contribution is 5.81. The molecule has 0 saturated heterocycles. The van der Waals surface area contributed by atoms with Crippen LogP contribution in [-0.4, -0.2) is 43.5 Å². The van der Waals surface area contributed by atoms with Crippen LogP contribution in [0.2, 0.25) is 0 Å². The zero-order valence-corrected chi connectivity index (χ0v) is 12.0. The molecule has 2 unspecified atom stereocenters. The van der Waals surface area contributed by atoms with Crippen LogP contribution >= 0.6 is 0 Å². The molecule has 1 N–H and O–H groups in total. The summed E-state index contributed by atoms with van der Waals surface area (Å²) in [7, 11) is 1.31. The number of esters is 1. The van der Waals surface area contributed by atoms with Crippen molar-refractivity contribution in [3.8, 4) is 0 Å². The van der Waals surface area contributed by atoms with E-state index in [-0.39, 0.29) is 24.7 Å². The molecular formula is C13H22F3NO3. The lowest BCUT2D eigenvalue weighted by Gasteiger charge is -2.30. The van der Waals surface area contributed by atoms with E-state index in [0.29, 0.717) is 19.3 Å². The molecule has 0 spiro atoms. The molecule has 1 saturated carbocycles. The van der Waals surface area contributed by atoms with E-state index in [0.717, 1.165) is 0 Å². The molecule has 1 rings (SSSR count). The molecule has 0 aromatic heterocycles. The van der Waals surface area contributed by atoms with Crippen LogP contribution in [0, 0.1) is 0 Å². The van der Waals surface area contributed by atoms with Gasteiger partial charge in [-0.25, -0.2) is 0 Å². The number of carbonyl (C=O) groups excluding carboxylic acids is 1. The summed E-state index contributed by atoms with van der Waals surface area (Å²) in [5, 5.41) is 3.17. The van der Waals surface area contributed by atoms with Crippen LogP contribution in [0.1, 0.15) is 39.5 Å². The van der Waals surface area contributed by atoms with Gasteiger partial charge in [-0.15, -0.1) is 0 Å². The van der Waals surface area contributed by atoms with Gasteiger partial charge in [-0.05, 0) is 26.7 Å². The van der Waals surface area contributed by atoms with Crippen LogP contribution in [0.5, 0.6) is 0 Å². The minimum atomic E-state index is -4.21. The standard InChI is InChI=1S/C13H22F3NO3/c1-9(2)17-12(11(18)19-3)5-4-10(8-12)20-7-6-13(14,15)16/h9-10,17H,4-8H2,1-3H3. The molecule has 2 atom stereocenters. The lowest BCUT2D eigenvalue weighted by molar-refractivity contribution is -0.152. The lowest BCUT2D eigenvalue weighted by Crippen LogP contribution is -2.53. The van der Waals surface area contributed by atoms with Gasteiger partial charge >= 0.3 is 12.1 Å². The van der Waals surface area contributed by atoms with Crippen molar-refractivity contribution in [2.24, 2.45) is 0 Å². The molecule has 20 heavy (non-hydrogen) atoms. The zero-order valence-electron chi connectivity index (χ0n) is 12.0. The Balaban J connectivity index is 2.54. The average molecular weight is 297 g/mol. The Kier molecular flexibility index (Phi) is 5.82. The van der Waals surface area contributed by atoms with Gasteiger partial charge in [0.15, 0.2) is 0 Å². The van der Waals surface area contributed by atoms with E-state index in [4.69, 9.17) is 9.47 Å². The first-order chi connectivity index (χ1) is 9.18. The van der Waals surface area contributed by atoms with Crippen LogP contribution in [0.15, 0.2) is 0 Å². The third-order valence-electron chi connectivity index (χ3n) is 3.35. The highest BCUT2D eigenvalue weighted by Gasteiger charge is 2.47. The van der Waals surface area contributed by atoms with Gasteiger partial charge in [0.2, 0.25) is 0 Å². The van der Waals surface area contributed by atoms with Crippen LogP contribution < -0.4 is 5.32 Å². The summed E-state index contributed by atoms with van der Waals surface area (Å²) in [5.74, 6) is -0.381. The highest BCUT2D eigenvalue weighted by atomic mass is 19.4. The first kappa shape index (κ1) is 17.2. The maximum atomic E-state index is 12.1. The minimum absolute atomic E-state index is 0.0722. The molecule has 0 aromatic rings. The molecule has 1 aliphatic carbocycles. The second-order valence-corrected chi connectivity index (χ2v) is 5.47. The molecule has 7 heteroatoms. The molecule has 118 valence electrons. The number of hydrogen-bond acceptors (Lipinski definition) is 4. The largest absolute Gasteiger partial charge is 0.468 e. The molecule has 0 heterocycles. The summed E-state index contributed by atoms with van der Waals surface area (Å²) in [6.07, 6.45) is -4.12. The van der Waals surface area contributed by atoms with Crippen molar-refractivity contribution in [1.82, 2.24) is 5.32 Å². The lowest BCUT2D eigenvalue weighted by atomic mass is 9.96. The van der Waals surface area contributed by atoms with Gasteiger partial charge in [0, 0.05) is 12.5 Å². The van der Waals surface area contributed by atoms with Crippen LogP contribution in [0.4, 0.5) is 13.2 Å². The van der Waals surface area contributed by atoms with Gasteiger partial charge in [-0.1, -0.05) is 0 Å². The smallest absolute Gasteiger partial charge is 0.391 e. The van der Waals surface area contributed by atoms with E-state index in [1.54, 1.807) is 0 Å². The monoisotopic (exact) mass is 297 g/mol. The number of nitrogens with one attached hydrogen (secondary N) is 1. The second kappa shape index (κ2) is 6.76. The molecule has 0 amide bonds. The topological polar surface area (TPSA) is 47.6 Å². The van der Waals surface area contributed by atoms with E-state index in [2.05, 4.69) is 5.32 Å².